The van der Waals surface area contributed by atoms with E-state index in [9.17, 15) is 0 Å². The van der Waals surface area contributed by atoms with Gasteiger partial charge in [0.15, 0.2) is 11.5 Å². The summed E-state index contributed by atoms with van der Waals surface area (Å²) in [5, 5.41) is 3.42. The van der Waals surface area contributed by atoms with Crippen molar-refractivity contribution in [3.63, 3.8) is 0 Å². The number of nitrogens with one attached hydrogen (secondary N) is 1. The van der Waals surface area contributed by atoms with Crippen molar-refractivity contribution in [2.24, 2.45) is 0 Å². The van der Waals surface area contributed by atoms with Gasteiger partial charge in [0.1, 0.15) is 0 Å². The normalized spacial score (nSPS) is 13.7. The number of aryl methyl sites for hydroxylation is 1. The molecule has 0 amide bonds. The van der Waals surface area contributed by atoms with E-state index in [1.54, 1.807) is 0 Å². The molecule has 3 rings (SSSR count). The lowest BCUT2D eigenvalue weighted by Crippen LogP contribution is -2.03. The first-order valence-electron chi connectivity index (χ1n) is 7.01. The molecular weight excluding hydrogens is 250 g/mol. The summed E-state index contributed by atoms with van der Waals surface area (Å²) in [7, 11) is 0. The molecule has 2 aromatic carbocycles. The Labute approximate surface area is 119 Å². The summed E-state index contributed by atoms with van der Waals surface area (Å²) in [6.45, 7) is 4.26. The van der Waals surface area contributed by atoms with Gasteiger partial charge in [0.2, 0.25) is 0 Å². The molecule has 0 saturated carbocycles. The zero-order valence-corrected chi connectivity index (χ0v) is 11.7. The SMILES string of the molecule is Cc1ccc(NCc2cccc3c2OCCCO3)cc1. The number of rotatable bonds is 3. The average Bonchev–Trinajstić information content (AvgIpc) is 2.72. The molecule has 2 aromatic rings. The largest absolute Gasteiger partial charge is 0.490 e. The van der Waals surface area contributed by atoms with Crippen molar-refractivity contribution >= 4 is 5.69 Å². The first kappa shape index (κ1) is 12.9. The van der Waals surface area contributed by atoms with Gasteiger partial charge in [-0.2, -0.15) is 0 Å². The summed E-state index contributed by atoms with van der Waals surface area (Å²) in [5.41, 5.74) is 3.51. The summed E-state index contributed by atoms with van der Waals surface area (Å²) >= 11 is 0. The van der Waals surface area contributed by atoms with Crippen LogP contribution < -0.4 is 14.8 Å². The minimum absolute atomic E-state index is 0.717. The number of hydrogen-bond donors (Lipinski definition) is 1. The monoisotopic (exact) mass is 269 g/mol. The molecule has 1 N–H and O–H groups in total. The van der Waals surface area contributed by atoms with Crippen LogP contribution >= 0.6 is 0 Å². The number of para-hydroxylation sites is 1. The molecule has 0 atom stereocenters. The highest BCUT2D eigenvalue weighted by molar-refractivity contribution is 5.50. The molecule has 0 bridgehead atoms. The van der Waals surface area contributed by atoms with E-state index < -0.39 is 0 Å². The molecule has 1 aliphatic heterocycles. The van der Waals surface area contributed by atoms with Crippen LogP contribution in [0.3, 0.4) is 0 Å². The standard InChI is InChI=1S/C17H19NO2/c1-13-6-8-15(9-7-13)18-12-14-4-2-5-16-17(14)20-11-3-10-19-16/h2,4-9,18H,3,10-12H2,1H3. The minimum atomic E-state index is 0.717. The predicted octanol–water partition coefficient (Wildman–Crippen LogP) is 3.77. The second kappa shape index (κ2) is 5.87. The number of ether oxygens (including phenoxy) is 2. The van der Waals surface area contributed by atoms with Crippen LogP contribution in [-0.2, 0) is 6.54 Å². The van der Waals surface area contributed by atoms with Crippen LogP contribution in [0.1, 0.15) is 17.5 Å². The summed E-state index contributed by atoms with van der Waals surface area (Å²) < 4.78 is 11.5. The molecule has 0 aromatic heterocycles. The fourth-order valence-electron chi connectivity index (χ4n) is 2.26. The van der Waals surface area contributed by atoms with Gasteiger partial charge >= 0.3 is 0 Å². The summed E-state index contributed by atoms with van der Waals surface area (Å²) in [6, 6.07) is 14.5. The maximum atomic E-state index is 5.82. The molecule has 0 aliphatic carbocycles. The fraction of sp³-hybridized carbons (Fsp3) is 0.294. The van der Waals surface area contributed by atoms with Gasteiger partial charge in [0.25, 0.3) is 0 Å². The highest BCUT2D eigenvalue weighted by atomic mass is 16.5. The number of fused-ring (bicyclic) bond motifs is 1. The minimum Gasteiger partial charge on any atom is -0.490 e. The molecule has 0 radical (unpaired) electrons. The van der Waals surface area contributed by atoms with Crippen molar-refractivity contribution in [2.45, 2.75) is 19.9 Å². The van der Waals surface area contributed by atoms with Crippen LogP contribution in [0.5, 0.6) is 11.5 Å². The van der Waals surface area contributed by atoms with Crippen molar-refractivity contribution < 1.29 is 9.47 Å². The predicted molar refractivity (Wildman–Crippen MR) is 80.6 cm³/mol. The number of hydrogen-bond acceptors (Lipinski definition) is 3. The second-order valence-electron chi connectivity index (χ2n) is 5.01. The van der Waals surface area contributed by atoms with E-state index in [1.165, 1.54) is 5.56 Å². The Morgan fingerprint density at radius 1 is 1.00 bits per heavy atom. The van der Waals surface area contributed by atoms with Gasteiger partial charge in [0.05, 0.1) is 13.2 Å². The Bertz CT molecular complexity index is 578. The lowest BCUT2D eigenvalue weighted by molar-refractivity contribution is 0.296. The van der Waals surface area contributed by atoms with E-state index in [2.05, 4.69) is 42.6 Å². The molecule has 0 fully saturated rings. The van der Waals surface area contributed by atoms with Gasteiger partial charge in [0, 0.05) is 24.2 Å². The topological polar surface area (TPSA) is 30.5 Å². The summed E-state index contributed by atoms with van der Waals surface area (Å²) in [6.07, 6.45) is 0.930. The Morgan fingerprint density at radius 3 is 2.65 bits per heavy atom. The highest BCUT2D eigenvalue weighted by Crippen LogP contribution is 2.33. The molecular formula is C17H19NO2. The van der Waals surface area contributed by atoms with Crippen LogP contribution in [0.4, 0.5) is 5.69 Å². The van der Waals surface area contributed by atoms with Gasteiger partial charge in [-0.1, -0.05) is 29.8 Å². The van der Waals surface area contributed by atoms with Gasteiger partial charge in [-0.05, 0) is 25.1 Å². The van der Waals surface area contributed by atoms with Crippen molar-refractivity contribution in [3.8, 4) is 11.5 Å². The average molecular weight is 269 g/mol. The second-order valence-corrected chi connectivity index (χ2v) is 5.01. The molecule has 1 heterocycles. The van der Waals surface area contributed by atoms with Crippen molar-refractivity contribution in [1.29, 1.82) is 0 Å². The third-order valence-corrected chi connectivity index (χ3v) is 3.39. The van der Waals surface area contributed by atoms with Crippen LogP contribution in [0.2, 0.25) is 0 Å². The van der Waals surface area contributed by atoms with Crippen molar-refractivity contribution in [3.05, 3.63) is 53.6 Å². The van der Waals surface area contributed by atoms with Gasteiger partial charge in [-0.15, -0.1) is 0 Å². The number of anilines is 1. The maximum Gasteiger partial charge on any atom is 0.166 e. The summed E-state index contributed by atoms with van der Waals surface area (Å²) in [5.74, 6) is 1.73. The van der Waals surface area contributed by atoms with E-state index in [4.69, 9.17) is 9.47 Å². The van der Waals surface area contributed by atoms with Gasteiger partial charge in [-0.25, -0.2) is 0 Å². The lowest BCUT2D eigenvalue weighted by Gasteiger charge is -2.13. The van der Waals surface area contributed by atoms with Crippen LogP contribution in [0, 0.1) is 6.92 Å². The van der Waals surface area contributed by atoms with Crippen LogP contribution in [0.15, 0.2) is 42.5 Å². The molecule has 3 heteroatoms. The van der Waals surface area contributed by atoms with E-state index in [0.29, 0.717) is 6.61 Å². The molecule has 20 heavy (non-hydrogen) atoms. The first-order chi connectivity index (χ1) is 9.83. The quantitative estimate of drug-likeness (QED) is 0.920. The third kappa shape index (κ3) is 2.87. The van der Waals surface area contributed by atoms with E-state index in [0.717, 1.165) is 42.3 Å². The van der Waals surface area contributed by atoms with Crippen LogP contribution in [-0.4, -0.2) is 13.2 Å². The fourth-order valence-corrected chi connectivity index (χ4v) is 2.26. The van der Waals surface area contributed by atoms with Gasteiger partial charge < -0.3 is 14.8 Å². The Kier molecular flexibility index (Phi) is 3.77. The van der Waals surface area contributed by atoms with Crippen molar-refractivity contribution in [2.75, 3.05) is 18.5 Å². The van der Waals surface area contributed by atoms with Gasteiger partial charge in [-0.3, -0.25) is 0 Å². The smallest absolute Gasteiger partial charge is 0.166 e. The molecule has 0 saturated heterocycles. The molecule has 1 aliphatic rings. The van der Waals surface area contributed by atoms with E-state index in [1.807, 2.05) is 12.1 Å². The molecule has 3 nitrogen and oxygen atoms in total. The van der Waals surface area contributed by atoms with E-state index >= 15 is 0 Å². The molecule has 0 spiro atoms. The Balaban J connectivity index is 1.75. The highest BCUT2D eigenvalue weighted by Gasteiger charge is 2.13. The zero-order valence-electron chi connectivity index (χ0n) is 11.7. The third-order valence-electron chi connectivity index (χ3n) is 3.39. The number of benzene rings is 2. The summed E-state index contributed by atoms with van der Waals surface area (Å²) in [4.78, 5) is 0. The maximum absolute atomic E-state index is 5.82. The van der Waals surface area contributed by atoms with Crippen LogP contribution in [0.25, 0.3) is 0 Å². The zero-order chi connectivity index (χ0) is 13.8. The lowest BCUT2D eigenvalue weighted by atomic mass is 10.1. The molecule has 104 valence electrons. The van der Waals surface area contributed by atoms with E-state index in [-0.39, 0.29) is 0 Å². The van der Waals surface area contributed by atoms with Crippen molar-refractivity contribution in [1.82, 2.24) is 0 Å². The Morgan fingerprint density at radius 2 is 1.80 bits per heavy atom. The molecule has 0 unspecified atom stereocenters. The Hall–Kier alpha value is -2.16. The first-order valence-corrected chi connectivity index (χ1v) is 7.01.